The van der Waals surface area contributed by atoms with E-state index >= 15 is 0 Å². The molecule has 0 aromatic heterocycles. The van der Waals surface area contributed by atoms with Gasteiger partial charge in [-0.2, -0.15) is 0 Å². The van der Waals surface area contributed by atoms with Gasteiger partial charge in [-0.3, -0.25) is 0 Å². The van der Waals surface area contributed by atoms with Gasteiger partial charge in [-0.15, -0.1) is 12.4 Å². The first-order valence-electron chi connectivity index (χ1n) is 9.37. The van der Waals surface area contributed by atoms with Crippen LogP contribution in [0.4, 0.5) is 0 Å². The van der Waals surface area contributed by atoms with Crippen molar-refractivity contribution in [2.75, 3.05) is 35.4 Å². The molecule has 6 heteroatoms. The van der Waals surface area contributed by atoms with Crippen LogP contribution in [0.5, 0.6) is 0 Å². The van der Waals surface area contributed by atoms with Gasteiger partial charge in [-0.05, 0) is 33.4 Å². The predicted molar refractivity (Wildman–Crippen MR) is 108 cm³/mol. The van der Waals surface area contributed by atoms with Crippen molar-refractivity contribution in [3.63, 3.8) is 0 Å². The second-order valence-electron chi connectivity index (χ2n) is 6.72. The lowest BCUT2D eigenvalue weighted by Gasteiger charge is -2.27. The number of nitrogens with zero attached hydrogens (tertiary/aromatic N) is 1. The van der Waals surface area contributed by atoms with Crippen LogP contribution in [0.15, 0.2) is 0 Å². The molecule has 0 bridgehead atoms. The molecule has 148 valence electrons. The first kappa shape index (κ1) is 26.6. The molecule has 0 aromatic rings. The first-order valence-corrected chi connectivity index (χ1v) is 11.3. The Balaban J connectivity index is 0. The summed E-state index contributed by atoms with van der Waals surface area (Å²) in [4.78, 5) is 2.37. The Kier molecular flexibility index (Phi) is 18.6. The molecule has 4 nitrogen and oxygen atoms in total. The van der Waals surface area contributed by atoms with Crippen molar-refractivity contribution >= 4 is 21.2 Å². The molecule has 0 fully saturated rings. The molecule has 24 heavy (non-hydrogen) atoms. The molecule has 0 amide bonds. The highest BCUT2D eigenvalue weighted by Gasteiger charge is 2.37. The van der Waals surface area contributed by atoms with E-state index in [1.54, 1.807) is 21.3 Å². The summed E-state index contributed by atoms with van der Waals surface area (Å²) in [6.45, 7) is 2.27. The van der Waals surface area contributed by atoms with Gasteiger partial charge in [-0.1, -0.05) is 51.9 Å². The molecule has 0 aliphatic rings. The van der Waals surface area contributed by atoms with Crippen LogP contribution in [-0.2, 0) is 13.3 Å². The summed E-state index contributed by atoms with van der Waals surface area (Å²) in [5.74, 6) is 0. The maximum absolute atomic E-state index is 5.50. The Labute approximate surface area is 158 Å². The van der Waals surface area contributed by atoms with Crippen molar-refractivity contribution in [1.29, 1.82) is 0 Å². The van der Waals surface area contributed by atoms with Crippen LogP contribution in [0.1, 0.15) is 71.1 Å². The molecule has 0 aromatic carbocycles. The molecule has 1 atom stereocenters. The topological polar surface area (TPSA) is 30.9 Å². The zero-order valence-corrected chi connectivity index (χ0v) is 18.8. The summed E-state index contributed by atoms with van der Waals surface area (Å²) in [6, 6.07) is 1.56. The molecule has 0 saturated heterocycles. The Hall–Kier alpha value is 0.347. The molecule has 0 spiro atoms. The van der Waals surface area contributed by atoms with E-state index in [1.807, 2.05) is 0 Å². The number of unbranched alkanes of at least 4 members (excludes halogenated alkanes) is 6. The molecular formula is C18H42ClNO3Si. The summed E-state index contributed by atoms with van der Waals surface area (Å²) < 4.78 is 16.5. The van der Waals surface area contributed by atoms with Crippen LogP contribution in [0.2, 0.25) is 6.04 Å². The van der Waals surface area contributed by atoms with E-state index in [1.165, 1.54) is 57.8 Å². The molecular weight excluding hydrogens is 342 g/mol. The van der Waals surface area contributed by atoms with E-state index in [4.69, 9.17) is 13.3 Å². The molecule has 0 radical (unpaired) electrons. The summed E-state index contributed by atoms with van der Waals surface area (Å²) in [5, 5.41) is 0. The number of halogens is 1. The third-order valence-electron chi connectivity index (χ3n) is 4.82. The molecule has 0 aliphatic carbocycles. The largest absolute Gasteiger partial charge is 0.500 e. The van der Waals surface area contributed by atoms with Crippen LogP contribution in [0.25, 0.3) is 0 Å². The fraction of sp³-hybridized carbons (Fsp3) is 1.00. The monoisotopic (exact) mass is 383 g/mol. The summed E-state index contributed by atoms with van der Waals surface area (Å²) in [6.07, 6.45) is 13.2. The van der Waals surface area contributed by atoms with E-state index in [9.17, 15) is 0 Å². The van der Waals surface area contributed by atoms with Crippen molar-refractivity contribution < 1.29 is 13.3 Å². The van der Waals surface area contributed by atoms with Gasteiger partial charge in [0.05, 0.1) is 0 Å². The van der Waals surface area contributed by atoms with Crippen LogP contribution in [0.3, 0.4) is 0 Å². The van der Waals surface area contributed by atoms with Crippen LogP contribution in [-0.4, -0.2) is 55.2 Å². The van der Waals surface area contributed by atoms with E-state index in [2.05, 4.69) is 25.9 Å². The third-order valence-corrected chi connectivity index (χ3v) is 7.66. The standard InChI is InChI=1S/C18H41NO3Si.ClH/c1-7-8-9-10-11-12-13-15-18(19(2)3)16-14-17-23(20-4,21-5)22-6;/h18H,7-17H2,1-6H3;1H. The highest BCUT2D eigenvalue weighted by Crippen LogP contribution is 2.20. The van der Waals surface area contributed by atoms with Gasteiger partial charge in [0.2, 0.25) is 0 Å². The highest BCUT2D eigenvalue weighted by molar-refractivity contribution is 6.60. The third kappa shape index (κ3) is 11.8. The second kappa shape index (κ2) is 16.8. The van der Waals surface area contributed by atoms with Gasteiger partial charge in [0.15, 0.2) is 0 Å². The fourth-order valence-corrected chi connectivity index (χ4v) is 4.86. The van der Waals surface area contributed by atoms with Gasteiger partial charge >= 0.3 is 8.80 Å². The minimum Gasteiger partial charge on any atom is -0.377 e. The molecule has 0 rings (SSSR count). The minimum absolute atomic E-state index is 0. The van der Waals surface area contributed by atoms with Crippen molar-refractivity contribution in [2.45, 2.75) is 83.2 Å². The SMILES string of the molecule is CCCCCCCCCC(CCC[Si](OC)(OC)OC)N(C)C.Cl. The summed E-state index contributed by atoms with van der Waals surface area (Å²) in [7, 11) is 7.08. The fourth-order valence-electron chi connectivity index (χ4n) is 3.11. The Morgan fingerprint density at radius 2 is 1.21 bits per heavy atom. The van der Waals surface area contributed by atoms with Gasteiger partial charge in [-0.25, -0.2) is 0 Å². The van der Waals surface area contributed by atoms with Crippen LogP contribution < -0.4 is 0 Å². The normalized spacial score (nSPS) is 13.1. The summed E-state index contributed by atoms with van der Waals surface area (Å²) >= 11 is 0. The van der Waals surface area contributed by atoms with Crippen molar-refractivity contribution in [2.24, 2.45) is 0 Å². The van der Waals surface area contributed by atoms with Crippen molar-refractivity contribution in [3.8, 4) is 0 Å². The molecule has 1 unspecified atom stereocenters. The average Bonchev–Trinajstić information content (AvgIpc) is 2.56. The molecule has 0 heterocycles. The second-order valence-corrected chi connectivity index (χ2v) is 9.81. The lowest BCUT2D eigenvalue weighted by Crippen LogP contribution is -2.43. The summed E-state index contributed by atoms with van der Waals surface area (Å²) in [5.41, 5.74) is 0. The maximum Gasteiger partial charge on any atom is 0.500 e. The molecule has 0 saturated carbocycles. The lowest BCUT2D eigenvalue weighted by molar-refractivity contribution is 0.121. The van der Waals surface area contributed by atoms with E-state index in [-0.39, 0.29) is 12.4 Å². The molecule has 0 aliphatic heterocycles. The van der Waals surface area contributed by atoms with Crippen LogP contribution in [0, 0.1) is 0 Å². The zero-order valence-electron chi connectivity index (χ0n) is 16.9. The van der Waals surface area contributed by atoms with Crippen molar-refractivity contribution in [3.05, 3.63) is 0 Å². The minimum atomic E-state index is -2.39. The number of hydrogen-bond acceptors (Lipinski definition) is 4. The van der Waals surface area contributed by atoms with Crippen molar-refractivity contribution in [1.82, 2.24) is 4.90 Å². The van der Waals surface area contributed by atoms with Gasteiger partial charge in [0, 0.05) is 33.4 Å². The number of rotatable bonds is 16. The molecule has 0 N–H and O–H groups in total. The quantitative estimate of drug-likeness (QED) is 0.273. The maximum atomic E-state index is 5.50. The Bertz CT molecular complexity index is 258. The van der Waals surface area contributed by atoms with E-state index in [0.29, 0.717) is 6.04 Å². The van der Waals surface area contributed by atoms with Gasteiger partial charge < -0.3 is 18.2 Å². The van der Waals surface area contributed by atoms with E-state index < -0.39 is 8.80 Å². The van der Waals surface area contributed by atoms with Gasteiger partial charge in [0.1, 0.15) is 0 Å². The lowest BCUT2D eigenvalue weighted by atomic mass is 10.0. The first-order chi connectivity index (χ1) is 11.0. The van der Waals surface area contributed by atoms with Gasteiger partial charge in [0.25, 0.3) is 0 Å². The Morgan fingerprint density at radius 1 is 0.750 bits per heavy atom. The number of hydrogen-bond donors (Lipinski definition) is 0. The average molecular weight is 384 g/mol. The highest BCUT2D eigenvalue weighted by atomic mass is 35.5. The smallest absolute Gasteiger partial charge is 0.377 e. The van der Waals surface area contributed by atoms with E-state index in [0.717, 1.165) is 12.5 Å². The van der Waals surface area contributed by atoms with Crippen LogP contribution >= 0.6 is 12.4 Å². The zero-order chi connectivity index (χ0) is 17.6. The Morgan fingerprint density at radius 3 is 1.67 bits per heavy atom. The predicted octanol–water partition coefficient (Wildman–Crippen LogP) is 5.14.